The molecule has 0 spiro atoms. The van der Waals surface area contributed by atoms with Gasteiger partial charge in [-0.05, 0) is 108 Å². The summed E-state index contributed by atoms with van der Waals surface area (Å²) in [5, 5.41) is 34.2. The number of carbonyl (C=O) groups excluding carboxylic acids is 8. The topological polar surface area (TPSA) is 320 Å². The van der Waals surface area contributed by atoms with E-state index >= 15 is 0 Å². The number of primary amides is 1. The van der Waals surface area contributed by atoms with Crippen LogP contribution in [-0.4, -0.2) is 164 Å². The molecule has 8 N–H and O–H groups in total. The van der Waals surface area contributed by atoms with Crippen LogP contribution in [0.25, 0.3) is 0 Å². The second-order valence-corrected chi connectivity index (χ2v) is 23.1. The number of amides is 9. The minimum absolute atomic E-state index is 0.0902. The van der Waals surface area contributed by atoms with E-state index in [1.165, 1.54) is 59.3 Å². The molecule has 4 heterocycles. The Morgan fingerprint density at radius 3 is 1.79 bits per heavy atom. The highest BCUT2D eigenvalue weighted by Gasteiger charge is 2.48. The molecule has 4 aliphatic rings. The van der Waals surface area contributed by atoms with Gasteiger partial charge >= 0.3 is 18.2 Å². The third-order valence-corrected chi connectivity index (χ3v) is 15.0. The van der Waals surface area contributed by atoms with Crippen LogP contribution in [0.2, 0.25) is 0 Å². The van der Waals surface area contributed by atoms with Crippen LogP contribution >= 0.6 is 0 Å². The molecule has 25 heteroatoms. The fraction of sp³-hybridized carbons (Fsp3) is 0.484. The second kappa shape index (κ2) is 29.0. The Bertz CT molecular complexity index is 3110. The van der Waals surface area contributed by atoms with Crippen molar-refractivity contribution in [1.29, 1.82) is 0 Å². The summed E-state index contributed by atoms with van der Waals surface area (Å²) in [5.74, 6) is -1.99. The predicted octanol–water partition coefficient (Wildman–Crippen LogP) is 6.05. The van der Waals surface area contributed by atoms with Crippen LogP contribution in [0, 0.1) is 5.92 Å². The number of carbonyl (C=O) groups is 8. The first-order valence-electron chi connectivity index (χ1n) is 29.0. The van der Waals surface area contributed by atoms with Gasteiger partial charge in [-0.15, -0.1) is 0 Å². The molecule has 0 aliphatic carbocycles. The number of anilines is 3. The Labute approximate surface area is 506 Å². The Hall–Kier alpha value is -8.84. The highest BCUT2D eigenvalue weighted by Crippen LogP contribution is 2.44. The van der Waals surface area contributed by atoms with Crippen LogP contribution in [-0.2, 0) is 30.3 Å². The number of methoxy groups -OCH3 is 2. The summed E-state index contributed by atoms with van der Waals surface area (Å²) in [6.45, 7) is 21.0. The second-order valence-electron chi connectivity index (χ2n) is 23.1. The summed E-state index contributed by atoms with van der Waals surface area (Å²) in [6, 6.07) is 8.26. The Morgan fingerprint density at radius 1 is 0.747 bits per heavy atom. The van der Waals surface area contributed by atoms with Gasteiger partial charge in [-0.25, -0.2) is 19.3 Å². The zero-order valence-electron chi connectivity index (χ0n) is 50.4. The quantitative estimate of drug-likeness (QED) is 0.0375. The van der Waals surface area contributed by atoms with Crippen LogP contribution in [0.15, 0.2) is 85.5 Å². The zero-order chi connectivity index (χ0) is 63.4. The van der Waals surface area contributed by atoms with E-state index < -0.39 is 90.0 Å². The van der Waals surface area contributed by atoms with Crippen molar-refractivity contribution < 1.29 is 77.0 Å². The van der Waals surface area contributed by atoms with E-state index in [1.807, 2.05) is 0 Å². The fourth-order valence-electron chi connectivity index (χ4n) is 10.8. The summed E-state index contributed by atoms with van der Waals surface area (Å²) in [4.78, 5) is 113. The third-order valence-electron chi connectivity index (χ3n) is 15.0. The molecule has 7 rings (SSSR count). The maximum Gasteiger partial charge on any atom is 0.416 e. The van der Waals surface area contributed by atoms with Gasteiger partial charge < -0.3 is 75.4 Å². The van der Waals surface area contributed by atoms with Crippen molar-refractivity contribution in [2.45, 2.75) is 135 Å². The molecule has 25 nitrogen and oxygen atoms in total. The third kappa shape index (κ3) is 16.2. The lowest BCUT2D eigenvalue weighted by molar-refractivity contribution is -0.128. The van der Waals surface area contributed by atoms with Crippen LogP contribution < -0.4 is 55.7 Å². The van der Waals surface area contributed by atoms with Gasteiger partial charge in [-0.1, -0.05) is 62.9 Å². The highest BCUT2D eigenvalue weighted by molar-refractivity contribution is 6.08. The average Bonchev–Trinajstić information content (AvgIpc) is 1.68. The first kappa shape index (κ1) is 65.7. The zero-order valence-corrected chi connectivity index (χ0v) is 50.4. The van der Waals surface area contributed by atoms with Crippen LogP contribution in [0.3, 0.4) is 0 Å². The first-order valence-corrected chi connectivity index (χ1v) is 29.0. The number of benzene rings is 3. The monoisotopic (exact) mass is 1210 g/mol. The summed E-state index contributed by atoms with van der Waals surface area (Å²) in [6.07, 6.45) is -0.553. The lowest BCUT2D eigenvalue weighted by atomic mass is 10.0. The molecule has 0 saturated carbocycles. The van der Waals surface area contributed by atoms with Crippen molar-refractivity contribution in [3.63, 3.8) is 0 Å². The van der Waals surface area contributed by atoms with Crippen molar-refractivity contribution in [3.05, 3.63) is 102 Å². The molecule has 2 fully saturated rings. The van der Waals surface area contributed by atoms with E-state index in [1.54, 1.807) is 58.9 Å². The Balaban J connectivity index is 1.000. The molecule has 9 amide bonds. The molecular weight excluding hydrogens is 1130 g/mol. The molecule has 6 atom stereocenters. The van der Waals surface area contributed by atoms with E-state index in [2.05, 4.69) is 41.0 Å². The van der Waals surface area contributed by atoms with Crippen LogP contribution in [0.4, 0.5) is 31.4 Å². The highest BCUT2D eigenvalue weighted by atomic mass is 16.6. The van der Waals surface area contributed by atoms with Crippen molar-refractivity contribution in [2.24, 2.45) is 11.7 Å². The van der Waals surface area contributed by atoms with Gasteiger partial charge in [0.1, 0.15) is 24.3 Å². The van der Waals surface area contributed by atoms with Crippen molar-refractivity contribution in [1.82, 2.24) is 25.8 Å². The maximum absolute atomic E-state index is 14.5. The minimum atomic E-state index is -1.46. The van der Waals surface area contributed by atoms with Gasteiger partial charge in [0.2, 0.25) is 17.7 Å². The fourth-order valence-corrected chi connectivity index (χ4v) is 10.8. The van der Waals surface area contributed by atoms with Gasteiger partial charge in [0.25, 0.3) is 11.8 Å². The van der Waals surface area contributed by atoms with Gasteiger partial charge in [0, 0.05) is 43.9 Å². The maximum atomic E-state index is 14.5. The molecule has 2 saturated heterocycles. The number of unbranched alkanes of at least 4 members (excludes halogenated alkanes) is 2. The van der Waals surface area contributed by atoms with Crippen LogP contribution in [0.1, 0.15) is 112 Å². The van der Waals surface area contributed by atoms with Crippen molar-refractivity contribution in [3.8, 4) is 23.0 Å². The molecule has 470 valence electrons. The number of hydrogen-bond donors (Lipinski definition) is 7. The molecule has 4 aliphatic heterocycles. The van der Waals surface area contributed by atoms with E-state index in [9.17, 15) is 48.6 Å². The number of alkyl carbamates (subject to hydrolysis) is 1. The molecule has 87 heavy (non-hydrogen) atoms. The molecule has 0 bridgehead atoms. The van der Waals surface area contributed by atoms with Gasteiger partial charge in [0.05, 0.1) is 62.0 Å². The predicted molar refractivity (Wildman–Crippen MR) is 322 cm³/mol. The number of urea groups is 1. The number of ether oxygens (including phenoxy) is 6. The SMILES string of the molecule is C=CCOC(=O)N1c2cc(OCCCCCOc3cc4c(cc3OC)C(=O)N3CC(=C)C[C@H]3[C@H](O)N4C(=O)CCc3ccc(NC(=O)[C@H](CCCNC(N)=O)NC(=O)[C@@H](NC(=O)OC(C)(C)C)C(C)C)cc3)c(OC)cc2C(=O)N2CC(=C)C[C@H]2[C@@H]1O. The molecule has 0 unspecified atom stereocenters. The number of aryl methyl sites for hydroxylation is 1. The van der Waals surface area contributed by atoms with E-state index in [0.29, 0.717) is 36.1 Å². The molecule has 3 aromatic rings. The molecule has 3 aromatic carbocycles. The Kier molecular flexibility index (Phi) is 21.9. The number of rotatable bonds is 25. The molecule has 0 radical (unpaired) electrons. The standard InChI is InChI=1S/C62H81N9O16/c1-11-24-86-61(81)71-44-32-50(48(83-10)30-41(44)56(76)69-34-37(5)28-46(69)58(71)78)85-26-14-12-13-25-84-49-31-43-40(29-47(49)82-9)55(75)68-33-36(4)27-45(68)57(77)70(43)51(72)22-19-38-17-20-39(21-18-38)65-53(73)42(16-15-23-64-59(63)79)66-54(74)52(35(2)3)67-60(80)87-62(6,7)8/h11,17-18,20-21,29-32,35,42,45-46,52,57-58,77-78H,1,4-5,12-16,19,22-28,33-34H2,2-3,6-10H3,(H,65,73)(H,66,74)(H,67,80)(H3,63,64,79)/t42-,45-,46-,52-,57-,58-/m0/s1. The number of nitrogens with one attached hydrogen (secondary N) is 4. The lowest BCUT2D eigenvalue weighted by Crippen LogP contribution is -2.55. The molecule has 0 aromatic heterocycles. The Morgan fingerprint density at radius 2 is 1.29 bits per heavy atom. The number of nitrogens with two attached hydrogens (primary N) is 1. The lowest BCUT2D eigenvalue weighted by Gasteiger charge is -2.32. The van der Waals surface area contributed by atoms with E-state index in [-0.39, 0.29) is 129 Å². The summed E-state index contributed by atoms with van der Waals surface area (Å²) < 4.78 is 34.5. The van der Waals surface area contributed by atoms with Gasteiger partial charge in [0.15, 0.2) is 35.5 Å². The van der Waals surface area contributed by atoms with Gasteiger partial charge in [-0.3, -0.25) is 28.9 Å². The average molecular weight is 1210 g/mol. The number of hydrogen-bond acceptors (Lipinski definition) is 16. The number of aliphatic hydroxyl groups excluding tert-OH is 2. The minimum Gasteiger partial charge on any atom is -0.493 e. The van der Waals surface area contributed by atoms with Crippen LogP contribution in [0.5, 0.6) is 23.0 Å². The number of aliphatic hydroxyl groups is 2. The summed E-state index contributed by atoms with van der Waals surface area (Å²) in [5.41, 5.74) is 7.38. The van der Waals surface area contributed by atoms with E-state index in [0.717, 1.165) is 10.5 Å². The first-order chi connectivity index (χ1) is 41.3. The summed E-state index contributed by atoms with van der Waals surface area (Å²) >= 11 is 0. The van der Waals surface area contributed by atoms with E-state index in [4.69, 9.17) is 34.2 Å². The summed E-state index contributed by atoms with van der Waals surface area (Å²) in [7, 11) is 2.86. The normalized spacial score (nSPS) is 18.6. The smallest absolute Gasteiger partial charge is 0.416 e. The van der Waals surface area contributed by atoms with Crippen molar-refractivity contribution in [2.75, 3.05) is 68.8 Å². The number of fused-ring (bicyclic) bond motifs is 4. The van der Waals surface area contributed by atoms with Gasteiger partial charge in [-0.2, -0.15) is 0 Å². The number of nitrogens with zero attached hydrogens (tertiary/aromatic N) is 4. The molecular formula is C62H81N9O16. The van der Waals surface area contributed by atoms with Crippen molar-refractivity contribution >= 4 is 64.8 Å². The largest absolute Gasteiger partial charge is 0.493 e.